The van der Waals surface area contributed by atoms with Crippen LogP contribution in [0.15, 0.2) is 23.0 Å². The summed E-state index contributed by atoms with van der Waals surface area (Å²) in [6.45, 7) is 14.2. The van der Waals surface area contributed by atoms with Crippen molar-refractivity contribution in [2.45, 2.75) is 91.9 Å². The molecule has 11 nitrogen and oxygen atoms in total. The third-order valence-electron chi connectivity index (χ3n) is 7.31. The van der Waals surface area contributed by atoms with Gasteiger partial charge in [-0.25, -0.2) is 14.2 Å². The Labute approximate surface area is 247 Å². The highest BCUT2D eigenvalue weighted by molar-refractivity contribution is 5.86. The number of carbonyl (C=O) groups is 3. The first-order valence-corrected chi connectivity index (χ1v) is 14.1. The minimum atomic E-state index is -1.71. The molecule has 1 aliphatic rings. The smallest absolute Gasteiger partial charge is 0.405 e. The minimum absolute atomic E-state index is 0.0629. The SMILES string of the molecule is CCC1CCN(C(=O)[C@@H](NC(=O)O)C(C)(C)C)C1C.CCCC(C)(F)c1nc2ccc(OC)cc2[nH]c1=O.COC=O. The van der Waals surface area contributed by atoms with E-state index in [0.717, 1.165) is 19.4 Å². The quantitative estimate of drug-likeness (QED) is 0.361. The van der Waals surface area contributed by atoms with Crippen LogP contribution in [0.25, 0.3) is 11.0 Å². The summed E-state index contributed by atoms with van der Waals surface area (Å²) in [4.78, 5) is 53.1. The van der Waals surface area contributed by atoms with Crippen LogP contribution in [0.4, 0.5) is 9.18 Å². The number of aromatic amines is 1. The van der Waals surface area contributed by atoms with Gasteiger partial charge in [0.2, 0.25) is 5.91 Å². The van der Waals surface area contributed by atoms with Crippen molar-refractivity contribution in [2.75, 3.05) is 20.8 Å². The van der Waals surface area contributed by atoms with Crippen LogP contribution in [-0.4, -0.2) is 71.3 Å². The van der Waals surface area contributed by atoms with Gasteiger partial charge in [0.05, 0.1) is 25.3 Å². The van der Waals surface area contributed by atoms with E-state index in [-0.39, 0.29) is 24.1 Å². The number of nitrogens with one attached hydrogen (secondary N) is 2. The molecule has 1 aromatic carbocycles. The van der Waals surface area contributed by atoms with Crippen LogP contribution in [0.2, 0.25) is 0 Å². The van der Waals surface area contributed by atoms with Crippen LogP contribution in [0.3, 0.4) is 0 Å². The number of carbonyl (C=O) groups excluding carboxylic acids is 2. The van der Waals surface area contributed by atoms with Gasteiger partial charge in [0.15, 0.2) is 5.67 Å². The van der Waals surface area contributed by atoms with Gasteiger partial charge in [0.25, 0.3) is 12.0 Å². The zero-order valence-corrected chi connectivity index (χ0v) is 26.2. The number of amides is 2. The average molecular weight is 595 g/mol. The number of hydrogen-bond donors (Lipinski definition) is 3. The topological polar surface area (TPSA) is 151 Å². The second-order valence-corrected chi connectivity index (χ2v) is 11.6. The number of halogens is 1. The molecular weight excluding hydrogens is 547 g/mol. The van der Waals surface area contributed by atoms with Crippen molar-refractivity contribution in [1.82, 2.24) is 20.2 Å². The van der Waals surface area contributed by atoms with Crippen molar-refractivity contribution in [3.8, 4) is 5.75 Å². The average Bonchev–Trinajstić information content (AvgIpc) is 3.30. The Bertz CT molecular complexity index is 1240. The first-order chi connectivity index (χ1) is 19.6. The number of ether oxygens (including phenoxy) is 2. The minimum Gasteiger partial charge on any atom is -0.497 e. The lowest BCUT2D eigenvalue weighted by Gasteiger charge is -2.35. The molecule has 2 amide bonds. The van der Waals surface area contributed by atoms with Crippen molar-refractivity contribution < 1.29 is 33.4 Å². The molecule has 12 heteroatoms. The third-order valence-corrected chi connectivity index (χ3v) is 7.31. The third kappa shape index (κ3) is 9.99. The maximum atomic E-state index is 14.5. The molecule has 0 bridgehead atoms. The van der Waals surface area contributed by atoms with E-state index in [9.17, 15) is 18.8 Å². The molecule has 0 saturated carbocycles. The van der Waals surface area contributed by atoms with E-state index >= 15 is 0 Å². The normalized spacial score (nSPS) is 18.4. The summed E-state index contributed by atoms with van der Waals surface area (Å²) >= 11 is 0. The summed E-state index contributed by atoms with van der Waals surface area (Å²) in [6, 6.07) is 4.60. The van der Waals surface area contributed by atoms with Crippen LogP contribution in [0, 0.1) is 11.3 Å². The van der Waals surface area contributed by atoms with E-state index < -0.39 is 28.8 Å². The molecule has 1 aromatic heterocycles. The highest BCUT2D eigenvalue weighted by Crippen LogP contribution is 2.30. The van der Waals surface area contributed by atoms with E-state index in [0.29, 0.717) is 35.6 Å². The van der Waals surface area contributed by atoms with E-state index in [1.54, 1.807) is 25.3 Å². The first kappa shape index (κ1) is 36.3. The number of aromatic nitrogens is 2. The van der Waals surface area contributed by atoms with Gasteiger partial charge in [-0.2, -0.15) is 0 Å². The molecule has 3 unspecified atom stereocenters. The number of hydrogen-bond acceptors (Lipinski definition) is 7. The van der Waals surface area contributed by atoms with Crippen LogP contribution in [0.5, 0.6) is 5.75 Å². The molecular formula is C30H47FN4O7. The lowest BCUT2D eigenvalue weighted by Crippen LogP contribution is -2.55. The molecule has 2 aromatic rings. The highest BCUT2D eigenvalue weighted by Gasteiger charge is 2.41. The van der Waals surface area contributed by atoms with E-state index in [2.05, 4.69) is 33.9 Å². The molecule has 236 valence electrons. The van der Waals surface area contributed by atoms with E-state index in [1.807, 2.05) is 32.6 Å². The Morgan fingerprint density at radius 2 is 1.88 bits per heavy atom. The largest absolute Gasteiger partial charge is 0.497 e. The van der Waals surface area contributed by atoms with E-state index in [4.69, 9.17) is 14.6 Å². The number of nitrogens with zero attached hydrogens (tertiary/aromatic N) is 2. The number of likely N-dealkylation sites (tertiary alicyclic amines) is 1. The summed E-state index contributed by atoms with van der Waals surface area (Å²) in [5.74, 6) is 1.04. The number of methoxy groups -OCH3 is 2. The van der Waals surface area contributed by atoms with Gasteiger partial charge in [0.1, 0.15) is 17.5 Å². The molecule has 2 heterocycles. The summed E-state index contributed by atoms with van der Waals surface area (Å²) in [6.07, 6.45) is 1.83. The Hall–Kier alpha value is -3.70. The second kappa shape index (κ2) is 16.1. The molecule has 3 N–H and O–H groups in total. The van der Waals surface area contributed by atoms with Gasteiger partial charge in [-0.3, -0.25) is 14.4 Å². The number of alkyl halides is 1. The predicted octanol–water partition coefficient (Wildman–Crippen LogP) is 5.02. The lowest BCUT2D eigenvalue weighted by molar-refractivity contribution is -0.136. The molecule has 1 saturated heterocycles. The zero-order chi connectivity index (χ0) is 32.3. The molecule has 4 atom stereocenters. The monoisotopic (exact) mass is 594 g/mol. The van der Waals surface area contributed by atoms with Crippen LogP contribution >= 0.6 is 0 Å². The summed E-state index contributed by atoms with van der Waals surface area (Å²) < 4.78 is 23.4. The van der Waals surface area contributed by atoms with Gasteiger partial charge in [-0.15, -0.1) is 0 Å². The summed E-state index contributed by atoms with van der Waals surface area (Å²) in [7, 11) is 2.86. The fourth-order valence-electron chi connectivity index (χ4n) is 4.93. The molecule has 0 radical (unpaired) electrons. The Morgan fingerprint density at radius 3 is 2.33 bits per heavy atom. The first-order valence-electron chi connectivity index (χ1n) is 14.1. The van der Waals surface area contributed by atoms with Gasteiger partial charge >= 0.3 is 6.09 Å². The molecule has 1 aliphatic heterocycles. The molecule has 0 spiro atoms. The maximum absolute atomic E-state index is 14.5. The van der Waals surface area contributed by atoms with Crippen LogP contribution in [0.1, 0.15) is 79.8 Å². The fraction of sp³-hybridized carbons (Fsp3) is 0.633. The van der Waals surface area contributed by atoms with Gasteiger partial charge in [-0.05, 0) is 50.2 Å². The Balaban J connectivity index is 0.000000373. The molecule has 1 fully saturated rings. The molecule has 42 heavy (non-hydrogen) atoms. The molecule has 0 aliphatic carbocycles. The van der Waals surface area contributed by atoms with Crippen molar-refractivity contribution >= 4 is 29.5 Å². The van der Waals surface area contributed by atoms with Crippen molar-refractivity contribution in [3.63, 3.8) is 0 Å². The van der Waals surface area contributed by atoms with Gasteiger partial charge in [-0.1, -0.05) is 47.5 Å². The van der Waals surface area contributed by atoms with Crippen molar-refractivity contribution in [2.24, 2.45) is 11.3 Å². The summed E-state index contributed by atoms with van der Waals surface area (Å²) in [5.41, 5.74) is -1.60. The van der Waals surface area contributed by atoms with Gasteiger partial charge in [0, 0.05) is 18.7 Å². The van der Waals surface area contributed by atoms with Gasteiger partial charge < -0.3 is 29.8 Å². The summed E-state index contributed by atoms with van der Waals surface area (Å²) in [5, 5.41) is 11.3. The number of benzene rings is 1. The maximum Gasteiger partial charge on any atom is 0.405 e. The standard InChI is InChI=1S/C14H17FN2O2.C14H26N2O3.C2H4O2/c1-4-7-14(2,15)12-13(18)17-11-8-9(19-3)5-6-10(11)16-12;1-6-10-7-8-16(9(10)2)12(17)11(14(3,4)5)15-13(18)19;1-4-2-3/h5-6,8H,4,7H2,1-3H3,(H,17,18);9-11,15H,6-8H2,1-5H3,(H,18,19);2H,1H3/t;9?,10?,11-;/m.1./s1. The van der Waals surface area contributed by atoms with Crippen molar-refractivity contribution in [3.05, 3.63) is 34.2 Å². The zero-order valence-electron chi connectivity index (χ0n) is 26.2. The predicted molar refractivity (Wildman–Crippen MR) is 159 cm³/mol. The second-order valence-electron chi connectivity index (χ2n) is 11.6. The van der Waals surface area contributed by atoms with Crippen LogP contribution in [-0.2, 0) is 20.0 Å². The molecule has 3 rings (SSSR count). The Morgan fingerprint density at radius 1 is 1.26 bits per heavy atom. The number of carboxylic acid groups (broad SMARTS) is 1. The van der Waals surface area contributed by atoms with Crippen LogP contribution < -0.4 is 15.6 Å². The van der Waals surface area contributed by atoms with Crippen molar-refractivity contribution in [1.29, 1.82) is 0 Å². The number of rotatable bonds is 8. The lowest BCUT2D eigenvalue weighted by atomic mass is 9.85. The fourth-order valence-corrected chi connectivity index (χ4v) is 4.93. The number of H-pyrrole nitrogens is 1. The Kier molecular flexibility index (Phi) is 13.9. The van der Waals surface area contributed by atoms with E-state index in [1.165, 1.54) is 14.0 Å². The highest BCUT2D eigenvalue weighted by atomic mass is 19.1. The number of fused-ring (bicyclic) bond motifs is 1.